The zero-order valence-electron chi connectivity index (χ0n) is 49.4. The first-order valence-electron chi connectivity index (χ1n) is 27.0. The Hall–Kier alpha value is -6.98. The van der Waals surface area contributed by atoms with E-state index in [0.717, 1.165) is 11.1 Å². The summed E-state index contributed by atoms with van der Waals surface area (Å²) in [6.07, 6.45) is 2.61. The molecule has 2 aromatic heterocycles. The van der Waals surface area contributed by atoms with Gasteiger partial charge in [-0.25, -0.2) is 29.1 Å². The summed E-state index contributed by atoms with van der Waals surface area (Å²) in [6, 6.07) is 4.90. The van der Waals surface area contributed by atoms with Gasteiger partial charge in [0.05, 0.1) is 113 Å². The number of carbonyl (C=O) groups is 6. The van der Waals surface area contributed by atoms with Gasteiger partial charge in [-0.3, -0.25) is 19.4 Å². The van der Waals surface area contributed by atoms with Crippen LogP contribution in [-0.4, -0.2) is 213 Å². The van der Waals surface area contributed by atoms with Crippen LogP contribution in [0, 0.1) is 13.8 Å². The number of esters is 1. The highest BCUT2D eigenvalue weighted by atomic mass is 16.6. The molecular formula is C54H90N12O18. The van der Waals surface area contributed by atoms with Crippen molar-refractivity contribution in [3.8, 4) is 0 Å². The average Bonchev–Trinajstić information content (AvgIpc) is 3.63. The van der Waals surface area contributed by atoms with Crippen molar-refractivity contribution < 1.29 is 86.0 Å². The standard InChI is InChI=1S/C27H44N6O9.C26H42N6O9.CH4/c1-21-8-9-29-23(19-21)33(26(36)42-27(2,3)4)11-6-7-24(34)31-22(25(35)37-5)20-41-18-17-40-16-15-39-14-13-38-12-10-30-32-28;1-20-7-8-28-22(18-20)32(25(36)41-26(2,3)4)10-5-6-23(33)30-21(24(34)35)19-40-17-16-39-15-14-38-13-12-37-11-9-29-31-27;/h8-9,19,22H,6-7,10-18,20H2,1-5H3,(H,31,34);7-8,18,21H,5-6,9-17,19H2,1-4H3,(H,30,33)(H,34,35);1H4/t22-;21-;/m00./s1. The molecule has 0 saturated carbocycles. The highest BCUT2D eigenvalue weighted by molar-refractivity contribution is 5.88. The number of methoxy groups -OCH3 is 1. The number of pyridine rings is 2. The van der Waals surface area contributed by atoms with Crippen molar-refractivity contribution in [1.29, 1.82) is 0 Å². The molecule has 2 rings (SSSR count). The fraction of sp³-hybridized carbons (Fsp3) is 0.704. The van der Waals surface area contributed by atoms with Gasteiger partial charge >= 0.3 is 24.1 Å². The average molecular weight is 1200 g/mol. The number of nitrogens with zero attached hydrogens (tertiary/aromatic N) is 10. The minimum atomic E-state index is -1.23. The fourth-order valence-corrected chi connectivity index (χ4v) is 6.40. The maximum absolute atomic E-state index is 12.8. The number of aliphatic carboxylic acids is 1. The van der Waals surface area contributed by atoms with E-state index >= 15 is 0 Å². The Labute approximate surface area is 492 Å². The van der Waals surface area contributed by atoms with Gasteiger partial charge in [0.1, 0.15) is 22.8 Å². The Morgan fingerprint density at radius 2 is 0.905 bits per heavy atom. The highest BCUT2D eigenvalue weighted by Gasteiger charge is 2.28. The summed E-state index contributed by atoms with van der Waals surface area (Å²) in [6.45, 7) is 19.3. The van der Waals surface area contributed by atoms with E-state index in [1.165, 1.54) is 16.9 Å². The van der Waals surface area contributed by atoms with E-state index < -0.39 is 59.2 Å². The van der Waals surface area contributed by atoms with Crippen molar-refractivity contribution in [3.05, 3.63) is 68.7 Å². The SMILES string of the molecule is C.COC(=O)[C@H](COCCOCCOCCOCCN=[N+]=[N-])NC(=O)CCCN(C(=O)OC(C)(C)C)c1cc(C)ccn1.Cc1ccnc(N(CCCC(=O)N[C@@H](COCCOCCOCCOCCN=[N+]=[N-])C(=O)O)C(=O)OC(C)(C)C)c1. The normalized spacial score (nSPS) is 11.6. The Morgan fingerprint density at radius 1 is 0.571 bits per heavy atom. The first kappa shape index (κ1) is 77.0. The van der Waals surface area contributed by atoms with Crippen molar-refractivity contribution in [2.75, 3.05) is 149 Å². The number of azide groups is 2. The maximum atomic E-state index is 12.8. The molecule has 0 aromatic carbocycles. The first-order valence-corrected chi connectivity index (χ1v) is 27.0. The molecule has 2 aromatic rings. The second-order valence-electron chi connectivity index (χ2n) is 19.7. The molecular weight excluding hydrogens is 1100 g/mol. The first-order chi connectivity index (χ1) is 39.6. The van der Waals surface area contributed by atoms with E-state index in [4.69, 9.17) is 63.2 Å². The maximum Gasteiger partial charge on any atom is 0.416 e. The second-order valence-corrected chi connectivity index (χ2v) is 19.7. The molecule has 0 aliphatic heterocycles. The molecule has 30 nitrogen and oxygen atoms in total. The number of rotatable bonds is 42. The van der Waals surface area contributed by atoms with Gasteiger partial charge in [0.2, 0.25) is 11.8 Å². The molecule has 2 heterocycles. The number of aryl methyl sites for hydroxylation is 2. The van der Waals surface area contributed by atoms with E-state index in [-0.39, 0.29) is 92.5 Å². The number of hydrogen-bond donors (Lipinski definition) is 3. The Bertz CT molecular complexity index is 2290. The van der Waals surface area contributed by atoms with E-state index in [0.29, 0.717) is 84.1 Å². The zero-order valence-corrected chi connectivity index (χ0v) is 49.4. The van der Waals surface area contributed by atoms with Gasteiger partial charge < -0.3 is 67.8 Å². The van der Waals surface area contributed by atoms with Crippen LogP contribution in [0.4, 0.5) is 21.2 Å². The van der Waals surface area contributed by atoms with Crippen LogP contribution in [0.2, 0.25) is 0 Å². The molecule has 2 atom stereocenters. The number of carboxylic acids is 1. The van der Waals surface area contributed by atoms with Crippen LogP contribution in [0.25, 0.3) is 20.9 Å². The van der Waals surface area contributed by atoms with Crippen molar-refractivity contribution >= 4 is 47.6 Å². The summed E-state index contributed by atoms with van der Waals surface area (Å²) in [5.41, 5.74) is 16.7. The predicted molar refractivity (Wildman–Crippen MR) is 308 cm³/mol. The monoisotopic (exact) mass is 1190 g/mol. The molecule has 84 heavy (non-hydrogen) atoms. The van der Waals surface area contributed by atoms with Crippen LogP contribution in [0.3, 0.4) is 0 Å². The summed E-state index contributed by atoms with van der Waals surface area (Å²) in [7, 11) is 1.23. The molecule has 0 aliphatic rings. The van der Waals surface area contributed by atoms with Crippen LogP contribution in [0.1, 0.15) is 85.8 Å². The Morgan fingerprint density at radius 3 is 1.23 bits per heavy atom. The topological polar surface area (TPSA) is 378 Å². The molecule has 30 heteroatoms. The van der Waals surface area contributed by atoms with Crippen LogP contribution in [0.15, 0.2) is 46.9 Å². The van der Waals surface area contributed by atoms with Gasteiger partial charge in [-0.15, -0.1) is 0 Å². The van der Waals surface area contributed by atoms with Gasteiger partial charge in [-0.1, -0.05) is 17.7 Å². The number of nitrogens with one attached hydrogen (secondary N) is 2. The minimum absolute atomic E-state index is 0. The van der Waals surface area contributed by atoms with Crippen LogP contribution < -0.4 is 20.4 Å². The summed E-state index contributed by atoms with van der Waals surface area (Å²) in [4.78, 5) is 90.8. The Kier molecular flexibility index (Phi) is 42.5. The third-order valence-corrected chi connectivity index (χ3v) is 10.2. The summed E-state index contributed by atoms with van der Waals surface area (Å²) >= 11 is 0. The van der Waals surface area contributed by atoms with Crippen LogP contribution >= 0.6 is 0 Å². The number of amides is 4. The molecule has 4 amide bonds. The molecule has 474 valence electrons. The van der Waals surface area contributed by atoms with E-state index in [1.807, 2.05) is 19.9 Å². The van der Waals surface area contributed by atoms with Gasteiger partial charge in [0, 0.05) is 61.2 Å². The van der Waals surface area contributed by atoms with Crippen molar-refractivity contribution in [1.82, 2.24) is 20.6 Å². The number of anilines is 2. The molecule has 0 unspecified atom stereocenters. The quantitative estimate of drug-likeness (QED) is 0.0161. The van der Waals surface area contributed by atoms with Gasteiger partial charge in [0.15, 0.2) is 12.1 Å². The molecule has 0 aliphatic carbocycles. The van der Waals surface area contributed by atoms with Crippen LogP contribution in [-0.2, 0) is 71.3 Å². The molecule has 3 N–H and O–H groups in total. The number of hydrogen-bond acceptors (Lipinski definition) is 21. The molecule has 0 radical (unpaired) electrons. The van der Waals surface area contributed by atoms with E-state index in [1.54, 1.807) is 72.1 Å². The molecule has 0 spiro atoms. The van der Waals surface area contributed by atoms with E-state index in [2.05, 4.69) is 40.7 Å². The second kappa shape index (κ2) is 46.4. The lowest BCUT2D eigenvalue weighted by Gasteiger charge is -2.27. The lowest BCUT2D eigenvalue weighted by atomic mass is 10.2. The number of aromatic nitrogens is 2. The summed E-state index contributed by atoms with van der Waals surface area (Å²) in [5, 5.41) is 21.2. The summed E-state index contributed by atoms with van der Waals surface area (Å²) < 4.78 is 58.5. The van der Waals surface area contributed by atoms with Crippen molar-refractivity contribution in [2.24, 2.45) is 10.2 Å². The van der Waals surface area contributed by atoms with Crippen molar-refractivity contribution in [2.45, 2.75) is 112 Å². The fourth-order valence-electron chi connectivity index (χ4n) is 6.40. The number of carboxylic acid groups (broad SMARTS) is 1. The lowest BCUT2D eigenvalue weighted by molar-refractivity contribution is -0.147. The lowest BCUT2D eigenvalue weighted by Crippen LogP contribution is -2.45. The van der Waals surface area contributed by atoms with E-state index in [9.17, 15) is 33.9 Å². The summed E-state index contributed by atoms with van der Waals surface area (Å²) in [5.74, 6) is -1.93. The largest absolute Gasteiger partial charge is 0.480 e. The molecule has 0 bridgehead atoms. The predicted octanol–water partition coefficient (Wildman–Crippen LogP) is 6.44. The van der Waals surface area contributed by atoms with Crippen molar-refractivity contribution in [3.63, 3.8) is 0 Å². The highest BCUT2D eigenvalue weighted by Crippen LogP contribution is 2.20. The minimum Gasteiger partial charge on any atom is -0.480 e. The van der Waals surface area contributed by atoms with Gasteiger partial charge in [-0.2, -0.15) is 0 Å². The Balaban J connectivity index is 0.00000162. The zero-order chi connectivity index (χ0) is 61.7. The van der Waals surface area contributed by atoms with Gasteiger partial charge in [0.25, 0.3) is 0 Å². The smallest absolute Gasteiger partial charge is 0.416 e. The third kappa shape index (κ3) is 40.3. The molecule has 0 fully saturated rings. The van der Waals surface area contributed by atoms with Crippen LogP contribution in [0.5, 0.6) is 0 Å². The van der Waals surface area contributed by atoms with Gasteiger partial charge in [-0.05, 0) is 115 Å². The molecule has 0 saturated heterocycles. The number of ether oxygens (including phenoxy) is 11. The number of carbonyl (C=O) groups excluding carboxylic acids is 5. The third-order valence-electron chi connectivity index (χ3n) is 10.2.